The zero-order valence-electron chi connectivity index (χ0n) is 15.4. The molecule has 8 heteroatoms. The van der Waals surface area contributed by atoms with Gasteiger partial charge < -0.3 is 15.6 Å². The Kier molecular flexibility index (Phi) is 6.26. The molecule has 1 aliphatic rings. The number of aromatic nitrogens is 1. The summed E-state index contributed by atoms with van der Waals surface area (Å²) in [5, 5.41) is 7.65. The van der Waals surface area contributed by atoms with E-state index in [1.807, 2.05) is 31.3 Å². The Morgan fingerprint density at radius 1 is 1.33 bits per heavy atom. The summed E-state index contributed by atoms with van der Waals surface area (Å²) in [6.45, 7) is 3.27. The number of benzene rings is 1. The van der Waals surface area contributed by atoms with Crippen molar-refractivity contribution in [3.63, 3.8) is 0 Å². The summed E-state index contributed by atoms with van der Waals surface area (Å²) in [6, 6.07) is 8.12. The average molecular weight is 381 g/mol. The normalized spacial score (nSPS) is 19.0. The molecule has 1 saturated heterocycles. The van der Waals surface area contributed by atoms with Crippen LogP contribution in [-0.2, 0) is 6.42 Å². The maximum Gasteiger partial charge on any atom is 0.401 e. The lowest BCUT2D eigenvalue weighted by molar-refractivity contribution is -0.143. The number of guanidine groups is 1. The van der Waals surface area contributed by atoms with Gasteiger partial charge in [0.1, 0.15) is 0 Å². The highest BCUT2D eigenvalue weighted by Crippen LogP contribution is 2.20. The maximum atomic E-state index is 12.5. The first-order chi connectivity index (χ1) is 12.9. The number of rotatable bonds is 6. The van der Waals surface area contributed by atoms with Crippen LogP contribution in [0.5, 0.6) is 0 Å². The number of nitrogens with one attached hydrogen (secondary N) is 3. The molecular weight excluding hydrogens is 355 g/mol. The number of halogens is 3. The van der Waals surface area contributed by atoms with E-state index in [1.165, 1.54) is 15.8 Å². The molecule has 148 valence electrons. The Morgan fingerprint density at radius 3 is 2.93 bits per heavy atom. The summed E-state index contributed by atoms with van der Waals surface area (Å²) in [5.74, 6) is 0.663. The van der Waals surface area contributed by atoms with Crippen molar-refractivity contribution in [2.24, 2.45) is 4.99 Å². The number of H-pyrrole nitrogens is 1. The first-order valence-electron chi connectivity index (χ1n) is 9.33. The van der Waals surface area contributed by atoms with Gasteiger partial charge in [-0.05, 0) is 31.4 Å². The van der Waals surface area contributed by atoms with E-state index in [9.17, 15) is 13.2 Å². The Morgan fingerprint density at radius 2 is 2.15 bits per heavy atom. The summed E-state index contributed by atoms with van der Waals surface area (Å²) in [6.07, 6.45) is -0.659. The molecule has 3 N–H and O–H groups in total. The van der Waals surface area contributed by atoms with Crippen LogP contribution in [-0.4, -0.2) is 60.8 Å². The molecule has 0 radical (unpaired) electrons. The van der Waals surface area contributed by atoms with Crippen LogP contribution in [0, 0.1) is 0 Å². The highest BCUT2D eigenvalue weighted by atomic mass is 19.4. The molecule has 1 fully saturated rings. The zero-order chi connectivity index (χ0) is 19.3. The number of aliphatic imine (C=N–C) groups is 1. The van der Waals surface area contributed by atoms with Crippen molar-refractivity contribution in [3.8, 4) is 0 Å². The third-order valence-electron chi connectivity index (χ3n) is 4.69. The Balaban J connectivity index is 1.54. The van der Waals surface area contributed by atoms with E-state index in [0.29, 0.717) is 38.6 Å². The van der Waals surface area contributed by atoms with Gasteiger partial charge in [-0.3, -0.25) is 9.89 Å². The van der Waals surface area contributed by atoms with Crippen LogP contribution < -0.4 is 10.6 Å². The molecule has 0 bridgehead atoms. The number of fused-ring (bicyclic) bond motifs is 1. The van der Waals surface area contributed by atoms with Gasteiger partial charge >= 0.3 is 6.18 Å². The van der Waals surface area contributed by atoms with Crippen molar-refractivity contribution in [3.05, 3.63) is 36.0 Å². The molecule has 2 heterocycles. The first kappa shape index (κ1) is 19.5. The van der Waals surface area contributed by atoms with Crippen LogP contribution in [0.25, 0.3) is 10.9 Å². The van der Waals surface area contributed by atoms with Gasteiger partial charge in [0.2, 0.25) is 0 Å². The van der Waals surface area contributed by atoms with Crippen molar-refractivity contribution in [2.75, 3.05) is 32.7 Å². The zero-order valence-corrected chi connectivity index (χ0v) is 15.4. The fourth-order valence-electron chi connectivity index (χ4n) is 3.49. The van der Waals surface area contributed by atoms with Crippen LogP contribution in [0.15, 0.2) is 35.5 Å². The van der Waals surface area contributed by atoms with Gasteiger partial charge in [-0.1, -0.05) is 18.2 Å². The van der Waals surface area contributed by atoms with Crippen molar-refractivity contribution in [2.45, 2.75) is 32.0 Å². The Bertz CT molecular complexity index is 768. The van der Waals surface area contributed by atoms with Gasteiger partial charge in [-0.15, -0.1) is 0 Å². The summed E-state index contributed by atoms with van der Waals surface area (Å²) < 4.78 is 37.6. The number of aromatic amines is 1. The van der Waals surface area contributed by atoms with Crippen molar-refractivity contribution in [1.82, 2.24) is 20.5 Å². The Hall–Kier alpha value is -2.22. The minimum absolute atomic E-state index is 0.0155. The van der Waals surface area contributed by atoms with E-state index in [1.54, 1.807) is 0 Å². The lowest BCUT2D eigenvalue weighted by atomic mass is 10.1. The molecule has 2 aromatic rings. The van der Waals surface area contributed by atoms with Crippen LogP contribution in [0.1, 0.15) is 18.9 Å². The second kappa shape index (κ2) is 8.65. The van der Waals surface area contributed by atoms with Crippen LogP contribution in [0.2, 0.25) is 0 Å². The van der Waals surface area contributed by atoms with E-state index in [0.717, 1.165) is 11.9 Å². The molecule has 1 atom stereocenters. The van der Waals surface area contributed by atoms with Crippen LogP contribution in [0.4, 0.5) is 13.2 Å². The number of hydrogen-bond donors (Lipinski definition) is 3. The molecule has 0 amide bonds. The van der Waals surface area contributed by atoms with Crippen LogP contribution >= 0.6 is 0 Å². The SMILES string of the molecule is CCNC(=NCCc1c[nH]c2ccccc12)NC1CCN(CC(F)(F)F)C1. The number of nitrogens with zero attached hydrogens (tertiary/aromatic N) is 2. The number of alkyl halides is 3. The molecule has 3 rings (SSSR count). The predicted molar refractivity (Wildman–Crippen MR) is 102 cm³/mol. The summed E-state index contributed by atoms with van der Waals surface area (Å²) in [5.41, 5.74) is 2.32. The lowest BCUT2D eigenvalue weighted by Crippen LogP contribution is -2.45. The molecule has 1 aromatic heterocycles. The topological polar surface area (TPSA) is 55.5 Å². The van der Waals surface area contributed by atoms with E-state index >= 15 is 0 Å². The minimum atomic E-state index is -4.15. The number of para-hydroxylation sites is 1. The molecule has 27 heavy (non-hydrogen) atoms. The third-order valence-corrected chi connectivity index (χ3v) is 4.69. The summed E-state index contributed by atoms with van der Waals surface area (Å²) >= 11 is 0. The van der Waals surface area contributed by atoms with Crippen molar-refractivity contribution >= 4 is 16.9 Å². The predicted octanol–water partition coefficient (Wildman–Crippen LogP) is 2.90. The molecule has 1 unspecified atom stereocenters. The third kappa shape index (κ3) is 5.63. The monoisotopic (exact) mass is 381 g/mol. The summed E-state index contributed by atoms with van der Waals surface area (Å²) in [7, 11) is 0. The van der Waals surface area contributed by atoms with Crippen molar-refractivity contribution in [1.29, 1.82) is 0 Å². The smallest absolute Gasteiger partial charge is 0.361 e. The molecule has 5 nitrogen and oxygen atoms in total. The highest BCUT2D eigenvalue weighted by molar-refractivity contribution is 5.83. The van der Waals surface area contributed by atoms with E-state index in [4.69, 9.17) is 0 Å². The van der Waals surface area contributed by atoms with E-state index in [-0.39, 0.29) is 6.04 Å². The van der Waals surface area contributed by atoms with Gasteiger partial charge in [0.25, 0.3) is 0 Å². The molecule has 0 aliphatic carbocycles. The van der Waals surface area contributed by atoms with Gasteiger partial charge in [0, 0.05) is 49.3 Å². The largest absolute Gasteiger partial charge is 0.401 e. The Labute approximate surface area is 157 Å². The quantitative estimate of drug-likeness (QED) is 0.533. The molecular formula is C19H26F3N5. The van der Waals surface area contributed by atoms with Crippen molar-refractivity contribution < 1.29 is 13.2 Å². The molecule has 1 aliphatic heterocycles. The minimum Gasteiger partial charge on any atom is -0.361 e. The first-order valence-corrected chi connectivity index (χ1v) is 9.33. The standard InChI is InChI=1S/C19H26F3N5/c1-2-23-18(26-15-8-10-27(12-15)13-19(20,21)22)24-9-7-14-11-25-17-6-4-3-5-16(14)17/h3-6,11,15,25H,2,7-10,12-13H2,1H3,(H2,23,24,26). The molecule has 0 spiro atoms. The van der Waals surface area contributed by atoms with E-state index < -0.39 is 12.7 Å². The van der Waals surface area contributed by atoms with Crippen LogP contribution in [0.3, 0.4) is 0 Å². The molecule has 1 aromatic carbocycles. The number of hydrogen-bond acceptors (Lipinski definition) is 2. The fraction of sp³-hybridized carbons (Fsp3) is 0.526. The molecule has 0 saturated carbocycles. The van der Waals surface area contributed by atoms with Gasteiger partial charge in [0.15, 0.2) is 5.96 Å². The summed E-state index contributed by atoms with van der Waals surface area (Å²) in [4.78, 5) is 9.29. The highest BCUT2D eigenvalue weighted by Gasteiger charge is 2.34. The van der Waals surface area contributed by atoms with Gasteiger partial charge in [0.05, 0.1) is 6.54 Å². The lowest BCUT2D eigenvalue weighted by Gasteiger charge is -2.19. The maximum absolute atomic E-state index is 12.5. The van der Waals surface area contributed by atoms with E-state index in [2.05, 4.69) is 26.7 Å². The second-order valence-electron chi connectivity index (χ2n) is 6.85. The average Bonchev–Trinajstić information content (AvgIpc) is 3.21. The fourth-order valence-corrected chi connectivity index (χ4v) is 3.49. The van der Waals surface area contributed by atoms with Gasteiger partial charge in [-0.25, -0.2) is 0 Å². The second-order valence-corrected chi connectivity index (χ2v) is 6.85. The van der Waals surface area contributed by atoms with Gasteiger partial charge in [-0.2, -0.15) is 13.2 Å². The number of likely N-dealkylation sites (tertiary alicyclic amines) is 1.